The van der Waals surface area contributed by atoms with Gasteiger partial charge in [-0.05, 0) is 52.9 Å². The van der Waals surface area contributed by atoms with E-state index in [0.717, 1.165) is 22.3 Å². The maximum atomic E-state index is 12.0. The number of halogens is 2. The average Bonchev–Trinajstić information content (AvgIpc) is 2.59. The molecule has 1 aromatic carbocycles. The first-order valence-corrected chi connectivity index (χ1v) is 6.98. The Bertz CT molecular complexity index is 438. The summed E-state index contributed by atoms with van der Waals surface area (Å²) in [6.07, 6.45) is 0.559. The van der Waals surface area contributed by atoms with Gasteiger partial charge >= 0.3 is 0 Å². The van der Waals surface area contributed by atoms with E-state index in [1.807, 2.05) is 17.9 Å². The van der Waals surface area contributed by atoms with Crippen molar-refractivity contribution in [3.05, 3.63) is 27.7 Å². The summed E-state index contributed by atoms with van der Waals surface area (Å²) in [5, 5.41) is 0. The normalized spacial score (nSPS) is 20.1. The largest absolute Gasteiger partial charge is 0.311 e. The van der Waals surface area contributed by atoms with Crippen molar-refractivity contribution < 1.29 is 4.79 Å². The standard InChI is InChI=1S/C13H15BrClNO/c1-8-3-9(2)13(11(14)4-8)16-7-10(6-15)5-12(16)17/h3-4,10H,5-7H2,1-2H3. The molecular weight excluding hydrogens is 302 g/mol. The van der Waals surface area contributed by atoms with Crippen molar-refractivity contribution in [1.29, 1.82) is 0 Å². The second kappa shape index (κ2) is 4.99. The molecule has 2 rings (SSSR count). The van der Waals surface area contributed by atoms with E-state index in [9.17, 15) is 4.79 Å². The number of rotatable bonds is 2. The Hall–Kier alpha value is -0.540. The SMILES string of the molecule is Cc1cc(C)c(N2CC(CCl)CC2=O)c(Br)c1. The smallest absolute Gasteiger partial charge is 0.227 e. The molecule has 0 saturated carbocycles. The van der Waals surface area contributed by atoms with E-state index in [1.54, 1.807) is 0 Å². The Labute approximate surface area is 115 Å². The van der Waals surface area contributed by atoms with Crippen molar-refractivity contribution in [2.45, 2.75) is 20.3 Å². The minimum Gasteiger partial charge on any atom is -0.311 e. The molecule has 2 nitrogen and oxygen atoms in total. The molecule has 0 radical (unpaired) electrons. The van der Waals surface area contributed by atoms with Crippen LogP contribution in [0.25, 0.3) is 0 Å². The van der Waals surface area contributed by atoms with Gasteiger partial charge in [0.2, 0.25) is 5.91 Å². The van der Waals surface area contributed by atoms with E-state index >= 15 is 0 Å². The fourth-order valence-electron chi connectivity index (χ4n) is 2.35. The molecule has 4 heteroatoms. The van der Waals surface area contributed by atoms with Crippen LogP contribution in [0.3, 0.4) is 0 Å². The van der Waals surface area contributed by atoms with E-state index in [4.69, 9.17) is 11.6 Å². The molecule has 0 spiro atoms. The number of nitrogens with zero attached hydrogens (tertiary/aromatic N) is 1. The summed E-state index contributed by atoms with van der Waals surface area (Å²) in [7, 11) is 0. The molecule has 1 heterocycles. The summed E-state index contributed by atoms with van der Waals surface area (Å²) in [5.74, 6) is 0.991. The van der Waals surface area contributed by atoms with Gasteiger partial charge in [-0.3, -0.25) is 4.79 Å². The number of alkyl halides is 1. The van der Waals surface area contributed by atoms with Gasteiger partial charge in [-0.2, -0.15) is 0 Å². The summed E-state index contributed by atoms with van der Waals surface area (Å²) < 4.78 is 0.985. The van der Waals surface area contributed by atoms with Gasteiger partial charge in [0, 0.05) is 23.3 Å². The monoisotopic (exact) mass is 315 g/mol. The molecule has 1 aromatic rings. The lowest BCUT2D eigenvalue weighted by Gasteiger charge is -2.21. The predicted molar refractivity (Wildman–Crippen MR) is 74.8 cm³/mol. The predicted octanol–water partition coefficient (Wildman–Crippen LogP) is 3.66. The van der Waals surface area contributed by atoms with E-state index in [2.05, 4.69) is 28.9 Å². The quantitative estimate of drug-likeness (QED) is 0.763. The van der Waals surface area contributed by atoms with Crippen molar-refractivity contribution in [3.63, 3.8) is 0 Å². The second-order valence-corrected chi connectivity index (χ2v) is 5.80. The second-order valence-electron chi connectivity index (χ2n) is 4.64. The third-order valence-corrected chi connectivity index (χ3v) is 4.13. The van der Waals surface area contributed by atoms with Gasteiger partial charge in [0.25, 0.3) is 0 Å². The van der Waals surface area contributed by atoms with E-state index < -0.39 is 0 Å². The highest BCUT2D eigenvalue weighted by Crippen LogP contribution is 2.35. The van der Waals surface area contributed by atoms with Gasteiger partial charge in [-0.15, -0.1) is 11.6 Å². The summed E-state index contributed by atoms with van der Waals surface area (Å²) in [5.41, 5.74) is 3.31. The van der Waals surface area contributed by atoms with E-state index in [-0.39, 0.29) is 11.8 Å². The number of hydrogen-bond donors (Lipinski definition) is 0. The Kier molecular flexibility index (Phi) is 3.79. The molecule has 92 valence electrons. The van der Waals surface area contributed by atoms with E-state index in [1.165, 1.54) is 5.56 Å². The molecule has 0 aliphatic carbocycles. The van der Waals surface area contributed by atoms with Gasteiger partial charge in [0.1, 0.15) is 0 Å². The van der Waals surface area contributed by atoms with Crippen molar-refractivity contribution >= 4 is 39.1 Å². The number of hydrogen-bond acceptors (Lipinski definition) is 1. The first-order valence-electron chi connectivity index (χ1n) is 5.66. The van der Waals surface area contributed by atoms with Crippen LogP contribution in [0.2, 0.25) is 0 Å². The zero-order valence-corrected chi connectivity index (χ0v) is 12.3. The Morgan fingerprint density at radius 3 is 2.71 bits per heavy atom. The molecule has 1 atom stereocenters. The van der Waals surface area contributed by atoms with Crippen LogP contribution in [0.15, 0.2) is 16.6 Å². The number of aryl methyl sites for hydroxylation is 2. The van der Waals surface area contributed by atoms with Crippen LogP contribution >= 0.6 is 27.5 Å². The van der Waals surface area contributed by atoms with Crippen LogP contribution in [0, 0.1) is 19.8 Å². The molecule has 0 bridgehead atoms. The number of benzene rings is 1. The minimum absolute atomic E-state index is 0.170. The van der Waals surface area contributed by atoms with Crippen molar-refractivity contribution in [3.8, 4) is 0 Å². The number of carbonyl (C=O) groups excluding carboxylic acids is 1. The van der Waals surface area contributed by atoms with Crippen LogP contribution < -0.4 is 4.90 Å². The number of carbonyl (C=O) groups is 1. The first kappa shape index (κ1) is 12.9. The zero-order valence-electron chi connectivity index (χ0n) is 9.96. The topological polar surface area (TPSA) is 20.3 Å². The molecular formula is C13H15BrClNO. The van der Waals surface area contributed by atoms with Crippen LogP contribution in [0.4, 0.5) is 5.69 Å². The highest BCUT2D eigenvalue weighted by atomic mass is 79.9. The third-order valence-electron chi connectivity index (χ3n) is 3.09. The van der Waals surface area contributed by atoms with Crippen LogP contribution in [0.5, 0.6) is 0 Å². The molecule has 0 N–H and O–H groups in total. The van der Waals surface area contributed by atoms with Gasteiger partial charge < -0.3 is 4.90 Å². The molecule has 17 heavy (non-hydrogen) atoms. The summed E-state index contributed by atoms with van der Waals surface area (Å²) >= 11 is 9.39. The molecule has 1 fully saturated rings. The van der Waals surface area contributed by atoms with E-state index in [0.29, 0.717) is 12.3 Å². The third kappa shape index (κ3) is 2.50. The van der Waals surface area contributed by atoms with Crippen LogP contribution in [0.1, 0.15) is 17.5 Å². The highest BCUT2D eigenvalue weighted by molar-refractivity contribution is 9.10. The number of anilines is 1. The average molecular weight is 317 g/mol. The first-order chi connectivity index (χ1) is 8.02. The molecule has 1 amide bonds. The Morgan fingerprint density at radius 1 is 1.47 bits per heavy atom. The molecule has 1 aliphatic rings. The zero-order chi connectivity index (χ0) is 12.6. The van der Waals surface area contributed by atoms with Crippen LogP contribution in [-0.2, 0) is 4.79 Å². The Morgan fingerprint density at radius 2 is 2.18 bits per heavy atom. The summed E-state index contributed by atoms with van der Waals surface area (Å²) in [6.45, 7) is 4.81. The fraction of sp³-hybridized carbons (Fsp3) is 0.462. The van der Waals surface area contributed by atoms with Crippen molar-refractivity contribution in [2.24, 2.45) is 5.92 Å². The lowest BCUT2D eigenvalue weighted by atomic mass is 10.1. The van der Waals surface area contributed by atoms with Crippen molar-refractivity contribution in [1.82, 2.24) is 0 Å². The number of amides is 1. The lowest BCUT2D eigenvalue weighted by Crippen LogP contribution is -2.26. The van der Waals surface area contributed by atoms with Gasteiger partial charge in [0.05, 0.1) is 5.69 Å². The highest BCUT2D eigenvalue weighted by Gasteiger charge is 2.31. The van der Waals surface area contributed by atoms with Crippen LogP contribution in [-0.4, -0.2) is 18.3 Å². The molecule has 1 aliphatic heterocycles. The maximum absolute atomic E-state index is 12.0. The summed E-state index contributed by atoms with van der Waals surface area (Å²) in [6, 6.07) is 4.14. The fourth-order valence-corrected chi connectivity index (χ4v) is 3.45. The molecule has 1 saturated heterocycles. The minimum atomic E-state index is 0.170. The molecule has 1 unspecified atom stereocenters. The van der Waals surface area contributed by atoms with Gasteiger partial charge in [-0.1, -0.05) is 6.07 Å². The summed E-state index contributed by atoms with van der Waals surface area (Å²) in [4.78, 5) is 13.8. The lowest BCUT2D eigenvalue weighted by molar-refractivity contribution is -0.117. The Balaban J connectivity index is 2.38. The van der Waals surface area contributed by atoms with Gasteiger partial charge in [-0.25, -0.2) is 0 Å². The maximum Gasteiger partial charge on any atom is 0.227 e. The van der Waals surface area contributed by atoms with Crippen molar-refractivity contribution in [2.75, 3.05) is 17.3 Å². The molecule has 0 aromatic heterocycles. The van der Waals surface area contributed by atoms with Gasteiger partial charge in [0.15, 0.2) is 0 Å².